The second kappa shape index (κ2) is 4.92. The molecule has 3 rings (SSSR count). The highest BCUT2D eigenvalue weighted by molar-refractivity contribution is 4.86. The van der Waals surface area contributed by atoms with Crippen molar-refractivity contribution < 1.29 is 13.2 Å². The molecule has 3 aliphatic rings. The number of piperidine rings is 3. The van der Waals surface area contributed by atoms with E-state index in [0.29, 0.717) is 12.5 Å². The van der Waals surface area contributed by atoms with Crippen molar-refractivity contribution in [1.82, 2.24) is 10.2 Å². The van der Waals surface area contributed by atoms with E-state index in [1.54, 1.807) is 0 Å². The van der Waals surface area contributed by atoms with E-state index in [1.807, 2.05) is 0 Å². The summed E-state index contributed by atoms with van der Waals surface area (Å²) in [5.74, 6) is 1.38. The molecular weight excluding hydrogens is 217 g/mol. The molecule has 0 aromatic heterocycles. The van der Waals surface area contributed by atoms with Crippen LogP contribution >= 0.6 is 0 Å². The van der Waals surface area contributed by atoms with Gasteiger partial charge < -0.3 is 10.2 Å². The van der Waals surface area contributed by atoms with Crippen LogP contribution < -0.4 is 5.32 Å². The van der Waals surface area contributed by atoms with Crippen LogP contribution in [0.1, 0.15) is 19.3 Å². The Morgan fingerprint density at radius 1 is 1.19 bits per heavy atom. The van der Waals surface area contributed by atoms with E-state index in [9.17, 15) is 13.2 Å². The number of halogens is 3. The smallest absolute Gasteiger partial charge is 0.309 e. The molecule has 0 saturated carbocycles. The van der Waals surface area contributed by atoms with Crippen LogP contribution in [0.3, 0.4) is 0 Å². The number of hydrogen-bond donors (Lipinski definition) is 1. The fourth-order valence-electron chi connectivity index (χ4n) is 2.93. The van der Waals surface area contributed by atoms with Crippen LogP contribution in [-0.2, 0) is 0 Å². The van der Waals surface area contributed by atoms with E-state index in [4.69, 9.17) is 0 Å². The van der Waals surface area contributed by atoms with Crippen LogP contribution in [0, 0.1) is 11.8 Å². The van der Waals surface area contributed by atoms with E-state index >= 15 is 0 Å². The SMILES string of the molecule is FC(F)(F)CNCCC1CN2CCC1CC2. The van der Waals surface area contributed by atoms with Crippen LogP contribution in [0.15, 0.2) is 0 Å². The standard InChI is InChI=1S/C11H19F3N2/c12-11(13,14)8-15-4-1-10-7-16-5-2-9(10)3-6-16/h9-10,15H,1-8H2. The van der Waals surface area contributed by atoms with Crippen LogP contribution in [0.5, 0.6) is 0 Å². The Balaban J connectivity index is 1.63. The van der Waals surface area contributed by atoms with Gasteiger partial charge in [0.2, 0.25) is 0 Å². The molecular formula is C11H19F3N2. The number of fused-ring (bicyclic) bond motifs is 3. The summed E-state index contributed by atoms with van der Waals surface area (Å²) >= 11 is 0. The average Bonchev–Trinajstić information content (AvgIpc) is 2.25. The lowest BCUT2D eigenvalue weighted by Crippen LogP contribution is -2.48. The lowest BCUT2D eigenvalue weighted by atomic mass is 9.77. The van der Waals surface area contributed by atoms with Gasteiger partial charge in [-0.1, -0.05) is 0 Å². The molecule has 16 heavy (non-hydrogen) atoms. The van der Waals surface area contributed by atoms with Crippen molar-refractivity contribution in [2.45, 2.75) is 25.4 Å². The van der Waals surface area contributed by atoms with E-state index < -0.39 is 12.7 Å². The van der Waals surface area contributed by atoms with Crippen LogP contribution in [-0.4, -0.2) is 43.8 Å². The Morgan fingerprint density at radius 3 is 2.38 bits per heavy atom. The van der Waals surface area contributed by atoms with Gasteiger partial charge in [-0.2, -0.15) is 13.2 Å². The monoisotopic (exact) mass is 236 g/mol. The Kier molecular flexibility index (Phi) is 3.74. The summed E-state index contributed by atoms with van der Waals surface area (Å²) in [5.41, 5.74) is 0. The average molecular weight is 236 g/mol. The molecule has 1 N–H and O–H groups in total. The van der Waals surface area contributed by atoms with E-state index in [2.05, 4.69) is 10.2 Å². The number of rotatable bonds is 4. The van der Waals surface area contributed by atoms with Crippen molar-refractivity contribution in [3.05, 3.63) is 0 Å². The summed E-state index contributed by atoms with van der Waals surface area (Å²) in [6.07, 6.45) is -0.708. The number of alkyl halides is 3. The lowest BCUT2D eigenvalue weighted by Gasteiger charge is -2.45. The topological polar surface area (TPSA) is 15.3 Å². The maximum atomic E-state index is 11.9. The zero-order valence-electron chi connectivity index (χ0n) is 9.39. The maximum absolute atomic E-state index is 11.9. The molecule has 5 heteroatoms. The Morgan fingerprint density at radius 2 is 1.88 bits per heavy atom. The molecule has 0 aliphatic carbocycles. The van der Waals surface area contributed by atoms with Gasteiger partial charge in [0.15, 0.2) is 0 Å². The van der Waals surface area contributed by atoms with E-state index in [1.165, 1.54) is 25.9 Å². The first-order valence-electron chi connectivity index (χ1n) is 6.04. The minimum absolute atomic E-state index is 0.495. The zero-order chi connectivity index (χ0) is 11.6. The lowest BCUT2D eigenvalue weighted by molar-refractivity contribution is -0.124. The fraction of sp³-hybridized carbons (Fsp3) is 1.00. The molecule has 3 heterocycles. The highest BCUT2D eigenvalue weighted by Crippen LogP contribution is 2.33. The molecule has 0 radical (unpaired) electrons. The van der Waals surface area contributed by atoms with Gasteiger partial charge in [0.1, 0.15) is 0 Å². The molecule has 3 fully saturated rings. The largest absolute Gasteiger partial charge is 0.401 e. The molecule has 0 amide bonds. The van der Waals surface area contributed by atoms with Gasteiger partial charge in [0.05, 0.1) is 6.54 Å². The Bertz CT molecular complexity index is 222. The van der Waals surface area contributed by atoms with Crippen LogP contribution in [0.25, 0.3) is 0 Å². The third-order valence-electron chi connectivity index (χ3n) is 3.81. The Hall–Kier alpha value is -0.290. The summed E-state index contributed by atoms with van der Waals surface area (Å²) < 4.78 is 35.7. The Labute approximate surface area is 94.2 Å². The maximum Gasteiger partial charge on any atom is 0.401 e. The van der Waals surface area contributed by atoms with E-state index in [-0.39, 0.29) is 0 Å². The minimum Gasteiger partial charge on any atom is -0.309 e. The highest BCUT2D eigenvalue weighted by Gasteiger charge is 2.33. The third-order valence-corrected chi connectivity index (χ3v) is 3.81. The first kappa shape index (κ1) is 12.2. The summed E-state index contributed by atoms with van der Waals surface area (Å²) in [6, 6.07) is 0. The number of nitrogens with one attached hydrogen (secondary N) is 1. The molecule has 94 valence electrons. The van der Waals surface area contributed by atoms with Crippen LogP contribution in [0.2, 0.25) is 0 Å². The molecule has 3 aliphatic heterocycles. The predicted molar refractivity (Wildman–Crippen MR) is 56.2 cm³/mol. The molecule has 0 aromatic rings. The normalized spacial score (nSPS) is 34.3. The second-order valence-electron chi connectivity index (χ2n) is 4.98. The van der Waals surface area contributed by atoms with Crippen molar-refractivity contribution >= 4 is 0 Å². The van der Waals surface area contributed by atoms with Gasteiger partial charge in [-0.15, -0.1) is 0 Å². The molecule has 2 nitrogen and oxygen atoms in total. The predicted octanol–water partition coefficient (Wildman–Crippen LogP) is 1.87. The fourth-order valence-corrected chi connectivity index (χ4v) is 2.93. The number of nitrogens with zero attached hydrogens (tertiary/aromatic N) is 1. The highest BCUT2D eigenvalue weighted by atomic mass is 19.4. The summed E-state index contributed by atoms with van der Waals surface area (Å²) in [5, 5.41) is 2.49. The van der Waals surface area contributed by atoms with Gasteiger partial charge >= 0.3 is 6.18 Å². The molecule has 1 atom stereocenters. The minimum atomic E-state index is -4.07. The van der Waals surface area contributed by atoms with Gasteiger partial charge in [-0.05, 0) is 50.7 Å². The van der Waals surface area contributed by atoms with Gasteiger partial charge in [0, 0.05) is 6.54 Å². The first-order chi connectivity index (χ1) is 7.54. The van der Waals surface area contributed by atoms with Gasteiger partial charge in [-0.3, -0.25) is 0 Å². The molecule has 3 saturated heterocycles. The van der Waals surface area contributed by atoms with Crippen molar-refractivity contribution in [3.8, 4) is 0 Å². The van der Waals surface area contributed by atoms with Crippen molar-refractivity contribution in [1.29, 1.82) is 0 Å². The third kappa shape index (κ3) is 3.35. The molecule has 1 unspecified atom stereocenters. The number of hydrogen-bond acceptors (Lipinski definition) is 2. The van der Waals surface area contributed by atoms with Gasteiger partial charge in [-0.25, -0.2) is 0 Å². The van der Waals surface area contributed by atoms with Crippen LogP contribution in [0.4, 0.5) is 13.2 Å². The first-order valence-corrected chi connectivity index (χ1v) is 6.04. The zero-order valence-corrected chi connectivity index (χ0v) is 9.39. The molecule has 0 spiro atoms. The summed E-state index contributed by atoms with van der Waals surface area (Å²) in [4.78, 5) is 2.44. The molecule has 0 aromatic carbocycles. The molecule has 2 bridgehead atoms. The summed E-state index contributed by atoms with van der Waals surface area (Å²) in [6.45, 7) is 3.12. The quantitative estimate of drug-likeness (QED) is 0.750. The second-order valence-corrected chi connectivity index (χ2v) is 4.98. The van der Waals surface area contributed by atoms with E-state index in [0.717, 1.165) is 18.9 Å². The summed E-state index contributed by atoms with van der Waals surface area (Å²) in [7, 11) is 0. The van der Waals surface area contributed by atoms with Crippen molar-refractivity contribution in [3.63, 3.8) is 0 Å². The van der Waals surface area contributed by atoms with Crippen molar-refractivity contribution in [2.24, 2.45) is 11.8 Å². The van der Waals surface area contributed by atoms with Gasteiger partial charge in [0.25, 0.3) is 0 Å². The van der Waals surface area contributed by atoms with Crippen molar-refractivity contribution in [2.75, 3.05) is 32.7 Å².